The number of aliphatic carboxylic acids is 1. The number of halogens is 3. The van der Waals surface area contributed by atoms with Crippen molar-refractivity contribution in [2.24, 2.45) is 0 Å². The van der Waals surface area contributed by atoms with E-state index in [0.717, 1.165) is 6.26 Å². The third-order valence-electron chi connectivity index (χ3n) is 3.17. The number of ether oxygens (including phenoxy) is 2. The van der Waals surface area contributed by atoms with Crippen molar-refractivity contribution in [2.75, 3.05) is 6.26 Å². The second kappa shape index (κ2) is 8.20. The molecule has 0 heterocycles. The van der Waals surface area contributed by atoms with Gasteiger partial charge in [0.1, 0.15) is 5.75 Å². The Bertz CT molecular complexity index is 961. The standard InChI is InChI=1S/C16H13Cl2IO6S/c1-8(16(20)21)24-15-12(19)5-9(17)6-14(15)25-13-4-3-10(7-11(13)18)26(2,22)23/h3-8H,1-2H3,(H,20,21)/t8-/m0/s1. The van der Waals surface area contributed by atoms with E-state index in [1.165, 1.54) is 31.2 Å². The van der Waals surface area contributed by atoms with Crippen LogP contribution in [-0.4, -0.2) is 31.9 Å². The van der Waals surface area contributed by atoms with Crippen molar-refractivity contribution in [1.82, 2.24) is 0 Å². The second-order valence-corrected chi connectivity index (χ2v) is 9.30. The highest BCUT2D eigenvalue weighted by Gasteiger charge is 2.20. The summed E-state index contributed by atoms with van der Waals surface area (Å²) in [5, 5.41) is 9.47. The predicted octanol–water partition coefficient (Wildman–Crippen LogP) is 4.65. The van der Waals surface area contributed by atoms with E-state index in [4.69, 9.17) is 37.8 Å². The Balaban J connectivity index is 2.44. The van der Waals surface area contributed by atoms with Crippen LogP contribution in [0.1, 0.15) is 6.92 Å². The molecule has 0 fully saturated rings. The number of hydrogen-bond acceptors (Lipinski definition) is 5. The molecule has 0 saturated carbocycles. The fraction of sp³-hybridized carbons (Fsp3) is 0.188. The zero-order valence-electron chi connectivity index (χ0n) is 13.5. The number of rotatable bonds is 6. The summed E-state index contributed by atoms with van der Waals surface area (Å²) in [5.41, 5.74) is 0. The largest absolute Gasteiger partial charge is 0.479 e. The molecule has 1 N–H and O–H groups in total. The molecule has 0 aliphatic rings. The Morgan fingerprint density at radius 2 is 1.85 bits per heavy atom. The van der Waals surface area contributed by atoms with E-state index in [9.17, 15) is 13.2 Å². The van der Waals surface area contributed by atoms with Crippen LogP contribution in [0.15, 0.2) is 35.2 Å². The smallest absolute Gasteiger partial charge is 0.344 e. The van der Waals surface area contributed by atoms with Gasteiger partial charge in [0.2, 0.25) is 0 Å². The summed E-state index contributed by atoms with van der Waals surface area (Å²) in [5.74, 6) is -0.626. The van der Waals surface area contributed by atoms with Crippen LogP contribution in [0.2, 0.25) is 10.0 Å². The van der Waals surface area contributed by atoms with Gasteiger partial charge in [-0.25, -0.2) is 13.2 Å². The molecule has 2 rings (SSSR count). The molecule has 0 radical (unpaired) electrons. The van der Waals surface area contributed by atoms with Gasteiger partial charge in [0, 0.05) is 17.3 Å². The number of carboxylic acid groups (broad SMARTS) is 1. The number of hydrogen-bond donors (Lipinski definition) is 1. The monoisotopic (exact) mass is 530 g/mol. The van der Waals surface area contributed by atoms with Crippen molar-refractivity contribution in [2.45, 2.75) is 17.9 Å². The molecule has 140 valence electrons. The van der Waals surface area contributed by atoms with E-state index < -0.39 is 21.9 Å². The Morgan fingerprint density at radius 1 is 1.19 bits per heavy atom. The third-order valence-corrected chi connectivity index (χ3v) is 5.59. The molecule has 10 heteroatoms. The SMILES string of the molecule is C[C@H](Oc1c(I)cc(Cl)cc1Oc1ccc(S(C)(=O)=O)cc1Cl)C(=O)O. The maximum absolute atomic E-state index is 11.6. The van der Waals surface area contributed by atoms with Gasteiger partial charge in [-0.1, -0.05) is 23.2 Å². The van der Waals surface area contributed by atoms with Gasteiger partial charge in [0.25, 0.3) is 0 Å². The van der Waals surface area contributed by atoms with E-state index in [1.807, 2.05) is 22.6 Å². The summed E-state index contributed by atoms with van der Waals surface area (Å²) in [6, 6.07) is 7.06. The van der Waals surface area contributed by atoms with Crippen LogP contribution in [-0.2, 0) is 14.6 Å². The average molecular weight is 531 g/mol. The normalized spacial score (nSPS) is 12.5. The van der Waals surface area contributed by atoms with Gasteiger partial charge in [-0.15, -0.1) is 0 Å². The lowest BCUT2D eigenvalue weighted by molar-refractivity contribution is -0.144. The quantitative estimate of drug-likeness (QED) is 0.547. The molecule has 0 spiro atoms. The number of carboxylic acids is 1. The van der Waals surface area contributed by atoms with E-state index in [1.54, 1.807) is 6.07 Å². The van der Waals surface area contributed by atoms with Crippen LogP contribution in [0.4, 0.5) is 0 Å². The first kappa shape index (κ1) is 21.1. The molecular weight excluding hydrogens is 518 g/mol. The van der Waals surface area contributed by atoms with E-state index in [-0.39, 0.29) is 27.2 Å². The van der Waals surface area contributed by atoms with E-state index in [0.29, 0.717) is 8.59 Å². The molecule has 0 amide bonds. The topological polar surface area (TPSA) is 89.9 Å². The first-order valence-corrected chi connectivity index (χ1v) is 10.8. The van der Waals surface area contributed by atoms with Crippen LogP contribution < -0.4 is 9.47 Å². The lowest BCUT2D eigenvalue weighted by Gasteiger charge is -2.17. The Hall–Kier alpha value is -1.23. The van der Waals surface area contributed by atoms with Crippen molar-refractivity contribution < 1.29 is 27.8 Å². The molecule has 0 aliphatic carbocycles. The summed E-state index contributed by atoms with van der Waals surface area (Å²) < 4.78 is 34.9. The minimum Gasteiger partial charge on any atom is -0.479 e. The van der Waals surface area contributed by atoms with Crippen LogP contribution >= 0.6 is 45.8 Å². The number of benzene rings is 2. The fourth-order valence-electron chi connectivity index (χ4n) is 1.87. The van der Waals surface area contributed by atoms with Gasteiger partial charge in [0.15, 0.2) is 27.4 Å². The van der Waals surface area contributed by atoms with Gasteiger partial charge in [-0.05, 0) is 53.8 Å². The van der Waals surface area contributed by atoms with Gasteiger partial charge >= 0.3 is 5.97 Å². The highest BCUT2D eigenvalue weighted by atomic mass is 127. The Morgan fingerprint density at radius 3 is 2.38 bits per heavy atom. The minimum absolute atomic E-state index is 0.0477. The van der Waals surface area contributed by atoms with Gasteiger partial charge in [0.05, 0.1) is 13.5 Å². The molecule has 26 heavy (non-hydrogen) atoms. The van der Waals surface area contributed by atoms with E-state index >= 15 is 0 Å². The van der Waals surface area contributed by atoms with Crippen molar-refractivity contribution in [1.29, 1.82) is 0 Å². The zero-order chi connectivity index (χ0) is 19.6. The molecule has 1 atom stereocenters. The lowest BCUT2D eigenvalue weighted by atomic mass is 10.3. The van der Waals surface area contributed by atoms with Crippen LogP contribution in [0.25, 0.3) is 0 Å². The first-order valence-electron chi connectivity index (χ1n) is 7.05. The predicted molar refractivity (Wildman–Crippen MR) is 107 cm³/mol. The minimum atomic E-state index is -3.41. The van der Waals surface area contributed by atoms with Gasteiger partial charge in [-0.3, -0.25) is 0 Å². The highest BCUT2D eigenvalue weighted by molar-refractivity contribution is 14.1. The van der Waals surface area contributed by atoms with Crippen LogP contribution in [0, 0.1) is 3.57 Å². The fourth-order valence-corrected chi connectivity index (χ4v) is 3.92. The molecular formula is C16H13Cl2IO6S. The maximum Gasteiger partial charge on any atom is 0.344 e. The molecule has 2 aromatic carbocycles. The van der Waals surface area contributed by atoms with Crippen molar-refractivity contribution in [3.63, 3.8) is 0 Å². The number of carbonyl (C=O) groups is 1. The molecule has 0 saturated heterocycles. The van der Waals surface area contributed by atoms with Crippen molar-refractivity contribution in [3.05, 3.63) is 43.9 Å². The van der Waals surface area contributed by atoms with Gasteiger partial charge in [-0.2, -0.15) is 0 Å². The second-order valence-electron chi connectivity index (χ2n) is 5.28. The Labute approximate surface area is 174 Å². The van der Waals surface area contributed by atoms with Crippen LogP contribution in [0.5, 0.6) is 17.2 Å². The molecule has 0 aromatic heterocycles. The zero-order valence-corrected chi connectivity index (χ0v) is 18.0. The third kappa shape index (κ3) is 5.15. The van der Waals surface area contributed by atoms with Crippen molar-refractivity contribution >= 4 is 61.6 Å². The summed E-state index contributed by atoms with van der Waals surface area (Å²) >= 11 is 14.1. The lowest BCUT2D eigenvalue weighted by Crippen LogP contribution is -2.23. The van der Waals surface area contributed by atoms with E-state index in [2.05, 4.69) is 0 Å². The average Bonchev–Trinajstić information content (AvgIpc) is 2.51. The summed E-state index contributed by atoms with van der Waals surface area (Å²) in [6.07, 6.45) is -0.0484. The van der Waals surface area contributed by atoms with Gasteiger partial charge < -0.3 is 14.6 Å². The molecule has 2 aromatic rings. The number of sulfone groups is 1. The van der Waals surface area contributed by atoms with Crippen molar-refractivity contribution in [3.8, 4) is 17.2 Å². The maximum atomic E-state index is 11.6. The molecule has 0 unspecified atom stereocenters. The Kier molecular flexibility index (Phi) is 6.65. The molecule has 0 aliphatic heterocycles. The molecule has 6 nitrogen and oxygen atoms in total. The highest BCUT2D eigenvalue weighted by Crippen LogP contribution is 2.41. The summed E-state index contributed by atoms with van der Waals surface area (Å²) in [7, 11) is -3.41. The van der Waals surface area contributed by atoms with Crippen LogP contribution in [0.3, 0.4) is 0 Å². The summed E-state index contributed by atoms with van der Waals surface area (Å²) in [4.78, 5) is 11.1. The first-order chi connectivity index (χ1) is 12.0. The summed E-state index contributed by atoms with van der Waals surface area (Å²) in [6.45, 7) is 1.38. The molecule has 0 bridgehead atoms.